The van der Waals surface area contributed by atoms with Gasteiger partial charge in [-0.3, -0.25) is 10.1 Å². The maximum Gasteiger partial charge on any atom is 0.408 e. The Morgan fingerprint density at radius 1 is 1.11 bits per heavy atom. The van der Waals surface area contributed by atoms with Gasteiger partial charge < -0.3 is 14.8 Å². The number of esters is 1. The van der Waals surface area contributed by atoms with Crippen molar-refractivity contribution < 1.29 is 24.0 Å². The zero-order valence-electron chi connectivity index (χ0n) is 15.7. The van der Waals surface area contributed by atoms with Gasteiger partial charge in [0.15, 0.2) is 0 Å². The molecule has 0 bridgehead atoms. The predicted octanol–water partition coefficient (Wildman–Crippen LogP) is 3.84. The Morgan fingerprint density at radius 3 is 2.32 bits per heavy atom. The molecule has 0 saturated heterocycles. The van der Waals surface area contributed by atoms with E-state index in [1.165, 1.54) is 24.3 Å². The van der Waals surface area contributed by atoms with Crippen molar-refractivity contribution in [1.82, 2.24) is 5.32 Å². The quantitative estimate of drug-likeness (QED) is 0.320. The number of alkyl carbamates (subject to hydrolysis) is 1. The van der Waals surface area contributed by atoms with Gasteiger partial charge in [0.2, 0.25) is 0 Å². The van der Waals surface area contributed by atoms with Crippen LogP contribution in [-0.2, 0) is 16.1 Å². The Hall–Kier alpha value is -3.42. The van der Waals surface area contributed by atoms with Gasteiger partial charge in [-0.25, -0.2) is 9.59 Å². The van der Waals surface area contributed by atoms with Gasteiger partial charge in [-0.05, 0) is 23.6 Å². The number of carbonyl (C=O) groups excluding carboxylic acids is 2. The van der Waals surface area contributed by atoms with Crippen LogP contribution in [0.15, 0.2) is 54.6 Å². The van der Waals surface area contributed by atoms with Crippen LogP contribution in [0, 0.1) is 16.0 Å². The minimum atomic E-state index is -0.913. The van der Waals surface area contributed by atoms with Crippen molar-refractivity contribution in [3.05, 3.63) is 70.3 Å². The molecule has 8 nitrogen and oxygen atoms in total. The minimum absolute atomic E-state index is 0.0807. The molecule has 2 aromatic rings. The van der Waals surface area contributed by atoms with Crippen LogP contribution in [0.5, 0.6) is 5.75 Å². The van der Waals surface area contributed by atoms with E-state index in [1.807, 2.05) is 37.3 Å². The van der Waals surface area contributed by atoms with E-state index in [2.05, 4.69) is 5.32 Å². The van der Waals surface area contributed by atoms with Crippen molar-refractivity contribution in [3.8, 4) is 5.75 Å². The molecule has 0 fully saturated rings. The van der Waals surface area contributed by atoms with E-state index in [9.17, 15) is 19.7 Å². The number of hydrogen-bond donors (Lipinski definition) is 1. The van der Waals surface area contributed by atoms with Gasteiger partial charge in [0.1, 0.15) is 18.4 Å². The van der Waals surface area contributed by atoms with Gasteiger partial charge in [0.05, 0.1) is 4.92 Å². The maximum absolute atomic E-state index is 12.5. The number of nitrogens with one attached hydrogen (secondary N) is 1. The summed E-state index contributed by atoms with van der Waals surface area (Å²) in [7, 11) is 0. The van der Waals surface area contributed by atoms with Crippen molar-refractivity contribution >= 4 is 17.7 Å². The average molecular weight is 386 g/mol. The first-order valence-corrected chi connectivity index (χ1v) is 8.84. The van der Waals surface area contributed by atoms with Gasteiger partial charge in [-0.15, -0.1) is 0 Å². The first-order chi connectivity index (χ1) is 13.4. The molecular formula is C20H22N2O6. The van der Waals surface area contributed by atoms with Crippen LogP contribution in [-0.4, -0.2) is 23.0 Å². The number of hydrogen-bond acceptors (Lipinski definition) is 6. The lowest BCUT2D eigenvalue weighted by Crippen LogP contribution is -2.47. The third-order valence-corrected chi connectivity index (χ3v) is 4.22. The molecule has 2 rings (SSSR count). The van der Waals surface area contributed by atoms with E-state index in [-0.39, 0.29) is 24.0 Å². The summed E-state index contributed by atoms with van der Waals surface area (Å²) in [5, 5.41) is 13.2. The van der Waals surface area contributed by atoms with E-state index < -0.39 is 23.0 Å². The van der Waals surface area contributed by atoms with Crippen LogP contribution in [0.2, 0.25) is 0 Å². The molecule has 2 aromatic carbocycles. The maximum atomic E-state index is 12.5. The van der Waals surface area contributed by atoms with Gasteiger partial charge in [0, 0.05) is 12.1 Å². The van der Waals surface area contributed by atoms with E-state index in [0.717, 1.165) is 5.56 Å². The molecule has 1 amide bonds. The van der Waals surface area contributed by atoms with E-state index in [1.54, 1.807) is 6.92 Å². The third-order valence-electron chi connectivity index (χ3n) is 4.22. The molecular weight excluding hydrogens is 364 g/mol. The van der Waals surface area contributed by atoms with Crippen LogP contribution in [0.1, 0.15) is 25.8 Å². The highest BCUT2D eigenvalue weighted by molar-refractivity contribution is 5.83. The lowest BCUT2D eigenvalue weighted by molar-refractivity contribution is -0.384. The smallest absolute Gasteiger partial charge is 0.408 e. The lowest BCUT2D eigenvalue weighted by Gasteiger charge is -2.22. The number of non-ortho nitro benzene ring substituents is 1. The Morgan fingerprint density at radius 2 is 1.75 bits per heavy atom. The predicted molar refractivity (Wildman–Crippen MR) is 102 cm³/mol. The normalized spacial score (nSPS) is 12.5. The van der Waals surface area contributed by atoms with Gasteiger partial charge in [0.25, 0.3) is 5.69 Å². The third kappa shape index (κ3) is 6.08. The molecule has 148 valence electrons. The van der Waals surface area contributed by atoms with E-state index in [4.69, 9.17) is 9.47 Å². The average Bonchev–Trinajstić information content (AvgIpc) is 2.71. The molecule has 0 aliphatic rings. The van der Waals surface area contributed by atoms with Crippen molar-refractivity contribution in [2.45, 2.75) is 32.9 Å². The van der Waals surface area contributed by atoms with Crippen molar-refractivity contribution in [2.75, 3.05) is 0 Å². The Kier molecular flexibility index (Phi) is 7.50. The summed E-state index contributed by atoms with van der Waals surface area (Å²) in [6, 6.07) is 13.4. The molecule has 0 aliphatic heterocycles. The number of nitrogens with zero attached hydrogens (tertiary/aromatic N) is 1. The first-order valence-electron chi connectivity index (χ1n) is 8.84. The molecule has 28 heavy (non-hydrogen) atoms. The van der Waals surface area contributed by atoms with E-state index in [0.29, 0.717) is 6.42 Å². The molecule has 0 heterocycles. The van der Waals surface area contributed by atoms with Gasteiger partial charge in [-0.2, -0.15) is 0 Å². The molecule has 0 radical (unpaired) electrons. The van der Waals surface area contributed by atoms with Crippen LogP contribution in [0.3, 0.4) is 0 Å². The van der Waals surface area contributed by atoms with Crippen molar-refractivity contribution in [1.29, 1.82) is 0 Å². The zero-order valence-corrected chi connectivity index (χ0v) is 15.7. The summed E-state index contributed by atoms with van der Waals surface area (Å²) in [5.74, 6) is -0.710. The number of benzene rings is 2. The highest BCUT2D eigenvalue weighted by atomic mass is 16.6. The molecule has 0 unspecified atom stereocenters. The second kappa shape index (κ2) is 10.1. The van der Waals surface area contributed by atoms with Gasteiger partial charge >= 0.3 is 12.1 Å². The lowest BCUT2D eigenvalue weighted by atomic mass is 9.99. The summed E-state index contributed by atoms with van der Waals surface area (Å²) in [6.45, 7) is 3.77. The molecule has 8 heteroatoms. The van der Waals surface area contributed by atoms with Crippen molar-refractivity contribution in [2.24, 2.45) is 5.92 Å². The molecule has 0 saturated carbocycles. The summed E-state index contributed by atoms with van der Waals surface area (Å²) in [4.78, 5) is 34.8. The molecule has 0 aliphatic carbocycles. The summed E-state index contributed by atoms with van der Waals surface area (Å²) in [6.07, 6.45) is -0.103. The Labute approximate surface area is 162 Å². The Balaban J connectivity index is 1.98. The minimum Gasteiger partial charge on any atom is -0.445 e. The van der Waals surface area contributed by atoms with Crippen LogP contribution < -0.4 is 10.1 Å². The highest BCUT2D eigenvalue weighted by Crippen LogP contribution is 2.19. The number of nitro benzene ring substituents is 1. The number of carbonyl (C=O) groups is 2. The molecule has 0 spiro atoms. The SMILES string of the molecule is CC[C@H](C)[C@H](NC(=O)OCc1ccccc1)C(=O)Oc1ccc([N+](=O)[O-])cc1. The monoisotopic (exact) mass is 386 g/mol. The fourth-order valence-corrected chi connectivity index (χ4v) is 2.38. The summed E-state index contributed by atoms with van der Waals surface area (Å²) in [5.41, 5.74) is 0.715. The second-order valence-corrected chi connectivity index (χ2v) is 6.24. The Bertz CT molecular complexity index is 807. The topological polar surface area (TPSA) is 108 Å². The largest absolute Gasteiger partial charge is 0.445 e. The standard InChI is InChI=1S/C20H22N2O6/c1-3-14(2)18(21-20(24)27-13-15-7-5-4-6-8-15)19(23)28-17-11-9-16(10-12-17)22(25)26/h4-12,14,18H,3,13H2,1-2H3,(H,21,24)/t14-,18-/m0/s1. The van der Waals surface area contributed by atoms with Crippen LogP contribution in [0.4, 0.5) is 10.5 Å². The van der Waals surface area contributed by atoms with Crippen LogP contribution >= 0.6 is 0 Å². The number of nitro groups is 1. The summed E-state index contributed by atoms with van der Waals surface area (Å²) < 4.78 is 10.4. The fraction of sp³-hybridized carbons (Fsp3) is 0.300. The van der Waals surface area contributed by atoms with E-state index >= 15 is 0 Å². The molecule has 2 atom stereocenters. The zero-order chi connectivity index (χ0) is 20.5. The fourth-order valence-electron chi connectivity index (χ4n) is 2.38. The number of rotatable bonds is 8. The highest BCUT2D eigenvalue weighted by Gasteiger charge is 2.28. The summed E-state index contributed by atoms with van der Waals surface area (Å²) >= 11 is 0. The first kappa shape index (κ1) is 20.9. The van der Waals surface area contributed by atoms with Crippen molar-refractivity contribution in [3.63, 3.8) is 0 Å². The van der Waals surface area contributed by atoms with Gasteiger partial charge in [-0.1, -0.05) is 50.6 Å². The number of ether oxygens (including phenoxy) is 2. The second-order valence-electron chi connectivity index (χ2n) is 6.24. The molecule has 0 aromatic heterocycles. The number of amides is 1. The molecule has 1 N–H and O–H groups in total. The van der Waals surface area contributed by atoms with Crippen LogP contribution in [0.25, 0.3) is 0 Å².